The molecule has 1 N–H and O–H groups in total. The minimum Gasteiger partial charge on any atom is -0.349 e. The number of nitrogens with zero attached hydrogens (tertiary/aromatic N) is 1. The lowest BCUT2D eigenvalue weighted by molar-refractivity contribution is -0.155. The van der Waals surface area contributed by atoms with Crippen molar-refractivity contribution in [1.29, 1.82) is 0 Å². The molecule has 0 aromatic carbocycles. The third-order valence-corrected chi connectivity index (χ3v) is 1.69. The number of hydrogen-bond donors (Lipinski definition) is 1. The summed E-state index contributed by atoms with van der Waals surface area (Å²) in [7, 11) is 0. The van der Waals surface area contributed by atoms with E-state index in [1.165, 1.54) is 0 Å². The number of alkyl halides is 4. The van der Waals surface area contributed by atoms with E-state index in [1.54, 1.807) is 0 Å². The van der Waals surface area contributed by atoms with Crippen LogP contribution in [0.3, 0.4) is 0 Å². The van der Waals surface area contributed by atoms with E-state index in [0.29, 0.717) is 6.07 Å². The van der Waals surface area contributed by atoms with Crippen LogP contribution in [0.4, 0.5) is 19.0 Å². The molecule has 1 rings (SSSR count). The summed E-state index contributed by atoms with van der Waals surface area (Å²) in [4.78, 5) is 10.7. The summed E-state index contributed by atoms with van der Waals surface area (Å²) in [6.45, 7) is 0. The summed E-state index contributed by atoms with van der Waals surface area (Å²) in [5, 5.41) is 5.09. The molecule has 0 aliphatic heterocycles. The average molecular weight is 273 g/mol. The van der Waals surface area contributed by atoms with E-state index in [-0.39, 0.29) is 11.1 Å². The Labute approximate surface area is 84.6 Å². The van der Waals surface area contributed by atoms with Crippen molar-refractivity contribution in [3.05, 3.63) is 11.8 Å². The molecule has 14 heavy (non-hydrogen) atoms. The van der Waals surface area contributed by atoms with E-state index in [0.717, 1.165) is 0 Å². The average Bonchev–Trinajstić information content (AvgIpc) is 2.51. The second kappa shape index (κ2) is 3.99. The molecule has 1 aromatic heterocycles. The largest absolute Gasteiger partial charge is 0.452 e. The maximum atomic E-state index is 12.0. The standard InChI is InChI=1S/C6H4BrF3N2O2/c7-2-5(13)11-4-1-3(14-12-4)6(8,9)10/h1H,2H2,(H,11,12,13). The van der Waals surface area contributed by atoms with Gasteiger partial charge in [0.15, 0.2) is 5.82 Å². The summed E-state index contributed by atoms with van der Waals surface area (Å²) >= 11 is 2.83. The molecule has 1 amide bonds. The van der Waals surface area contributed by atoms with Gasteiger partial charge in [-0.15, -0.1) is 0 Å². The van der Waals surface area contributed by atoms with Crippen molar-refractivity contribution in [2.24, 2.45) is 0 Å². The van der Waals surface area contributed by atoms with Crippen LogP contribution in [0.5, 0.6) is 0 Å². The minimum absolute atomic E-state index is 0.0266. The fourth-order valence-electron chi connectivity index (χ4n) is 0.644. The van der Waals surface area contributed by atoms with Crippen LogP contribution in [0, 0.1) is 0 Å². The number of hydrogen-bond acceptors (Lipinski definition) is 3. The zero-order chi connectivity index (χ0) is 10.8. The van der Waals surface area contributed by atoms with Gasteiger partial charge in [0, 0.05) is 6.07 Å². The molecule has 0 unspecified atom stereocenters. The van der Waals surface area contributed by atoms with Crippen molar-refractivity contribution in [2.75, 3.05) is 10.6 Å². The van der Waals surface area contributed by atoms with Crippen LogP contribution >= 0.6 is 15.9 Å². The van der Waals surface area contributed by atoms with Gasteiger partial charge in [0.2, 0.25) is 11.7 Å². The molecule has 78 valence electrons. The molecule has 1 aromatic rings. The lowest BCUT2D eigenvalue weighted by Crippen LogP contribution is -2.12. The zero-order valence-corrected chi connectivity index (χ0v) is 8.15. The van der Waals surface area contributed by atoms with Crippen LogP contribution in [0.2, 0.25) is 0 Å². The fraction of sp³-hybridized carbons (Fsp3) is 0.333. The number of rotatable bonds is 2. The van der Waals surface area contributed by atoms with Crippen LogP contribution in [0.1, 0.15) is 5.76 Å². The summed E-state index contributed by atoms with van der Waals surface area (Å²) in [6, 6.07) is 0.612. The molecule has 0 saturated heterocycles. The first-order valence-electron chi connectivity index (χ1n) is 3.33. The Balaban J connectivity index is 2.74. The number of anilines is 1. The lowest BCUT2D eigenvalue weighted by Gasteiger charge is -1.97. The highest BCUT2D eigenvalue weighted by molar-refractivity contribution is 9.09. The Morgan fingerprint density at radius 1 is 1.64 bits per heavy atom. The van der Waals surface area contributed by atoms with Gasteiger partial charge in [0.05, 0.1) is 5.33 Å². The summed E-state index contributed by atoms with van der Waals surface area (Å²) in [5.74, 6) is -2.02. The predicted octanol–water partition coefficient (Wildman–Crippen LogP) is 2.03. The highest BCUT2D eigenvalue weighted by Gasteiger charge is 2.36. The van der Waals surface area contributed by atoms with Crippen LogP contribution in [0.15, 0.2) is 10.6 Å². The molecule has 0 bridgehead atoms. The Morgan fingerprint density at radius 3 is 2.71 bits per heavy atom. The van der Waals surface area contributed by atoms with Crippen LogP contribution in [0.25, 0.3) is 0 Å². The highest BCUT2D eigenvalue weighted by Crippen LogP contribution is 2.30. The molecular weight excluding hydrogens is 269 g/mol. The van der Waals surface area contributed by atoms with Crippen molar-refractivity contribution >= 4 is 27.7 Å². The van der Waals surface area contributed by atoms with Gasteiger partial charge in [-0.2, -0.15) is 13.2 Å². The van der Waals surface area contributed by atoms with Crippen LogP contribution in [-0.4, -0.2) is 16.4 Å². The maximum absolute atomic E-state index is 12.0. The van der Waals surface area contributed by atoms with Gasteiger partial charge < -0.3 is 9.84 Å². The first-order chi connectivity index (χ1) is 6.43. The molecule has 0 aliphatic rings. The molecule has 0 fully saturated rings. The van der Waals surface area contributed by atoms with Gasteiger partial charge in [0.1, 0.15) is 0 Å². The van der Waals surface area contributed by atoms with E-state index in [2.05, 4.69) is 30.9 Å². The summed E-state index contributed by atoms with van der Waals surface area (Å²) in [6.07, 6.45) is -4.59. The van der Waals surface area contributed by atoms with Gasteiger partial charge >= 0.3 is 6.18 Å². The Kier molecular flexibility index (Phi) is 3.14. The lowest BCUT2D eigenvalue weighted by atomic mass is 10.4. The molecule has 0 radical (unpaired) electrons. The SMILES string of the molecule is O=C(CBr)Nc1cc(C(F)(F)F)on1. The molecular formula is C6H4BrF3N2O2. The number of halogens is 4. The number of aromatic nitrogens is 1. The van der Waals surface area contributed by atoms with Crippen molar-refractivity contribution in [1.82, 2.24) is 5.16 Å². The van der Waals surface area contributed by atoms with E-state index in [1.807, 2.05) is 0 Å². The first kappa shape index (κ1) is 11.0. The van der Waals surface area contributed by atoms with Gasteiger partial charge in [0.25, 0.3) is 0 Å². The number of carbonyl (C=O) groups excluding carboxylic acids is 1. The van der Waals surface area contributed by atoms with E-state index >= 15 is 0 Å². The first-order valence-corrected chi connectivity index (χ1v) is 4.45. The van der Waals surface area contributed by atoms with Crippen molar-refractivity contribution in [3.63, 3.8) is 0 Å². The molecule has 1 heterocycles. The third-order valence-electron chi connectivity index (χ3n) is 1.18. The quantitative estimate of drug-likeness (QED) is 0.839. The van der Waals surface area contributed by atoms with Crippen molar-refractivity contribution < 1.29 is 22.5 Å². The minimum atomic E-state index is -4.59. The van der Waals surface area contributed by atoms with Gasteiger partial charge in [-0.25, -0.2) is 0 Å². The van der Waals surface area contributed by atoms with Crippen molar-refractivity contribution in [2.45, 2.75) is 6.18 Å². The smallest absolute Gasteiger partial charge is 0.349 e. The summed E-state index contributed by atoms with van der Waals surface area (Å²) in [5.41, 5.74) is 0. The van der Waals surface area contributed by atoms with E-state index < -0.39 is 17.8 Å². The van der Waals surface area contributed by atoms with Crippen molar-refractivity contribution in [3.8, 4) is 0 Å². The summed E-state index contributed by atoms with van der Waals surface area (Å²) < 4.78 is 39.9. The van der Waals surface area contributed by atoms with Crippen LogP contribution in [-0.2, 0) is 11.0 Å². The topological polar surface area (TPSA) is 55.1 Å². The molecule has 0 spiro atoms. The second-order valence-electron chi connectivity index (χ2n) is 2.26. The van der Waals surface area contributed by atoms with Crippen LogP contribution < -0.4 is 5.32 Å². The highest BCUT2D eigenvalue weighted by atomic mass is 79.9. The Hall–Kier alpha value is -1.05. The maximum Gasteiger partial charge on any atom is 0.452 e. The fourth-order valence-corrected chi connectivity index (χ4v) is 0.784. The molecule has 0 saturated carbocycles. The Bertz CT molecular complexity index is 336. The Morgan fingerprint density at radius 2 is 2.29 bits per heavy atom. The normalized spacial score (nSPS) is 11.4. The number of amides is 1. The molecule has 8 heteroatoms. The van der Waals surface area contributed by atoms with Gasteiger partial charge in [-0.1, -0.05) is 21.1 Å². The van der Waals surface area contributed by atoms with E-state index in [9.17, 15) is 18.0 Å². The second-order valence-corrected chi connectivity index (χ2v) is 2.82. The number of nitrogens with one attached hydrogen (secondary N) is 1. The third kappa shape index (κ3) is 2.72. The molecule has 4 nitrogen and oxygen atoms in total. The van der Waals surface area contributed by atoms with E-state index in [4.69, 9.17) is 0 Å². The zero-order valence-electron chi connectivity index (χ0n) is 6.56. The number of carbonyl (C=O) groups is 1. The molecule has 0 atom stereocenters. The monoisotopic (exact) mass is 272 g/mol. The molecule has 0 aliphatic carbocycles. The van der Waals surface area contributed by atoms with Gasteiger partial charge in [-0.05, 0) is 0 Å². The van der Waals surface area contributed by atoms with Gasteiger partial charge in [-0.3, -0.25) is 4.79 Å². The predicted molar refractivity (Wildman–Crippen MR) is 43.9 cm³/mol.